The number of nitrogens with one attached hydrogen (secondary N) is 1. The lowest BCUT2D eigenvalue weighted by molar-refractivity contribution is 0.775. The first kappa shape index (κ1) is 11.2. The summed E-state index contributed by atoms with van der Waals surface area (Å²) >= 11 is 1.86. The molecule has 1 aromatic carbocycles. The van der Waals surface area contributed by atoms with Gasteiger partial charge in [0.15, 0.2) is 0 Å². The SMILES string of the molecule is CCC(CSC)Nc1ccccc1N. The van der Waals surface area contributed by atoms with Crippen molar-refractivity contribution in [2.45, 2.75) is 19.4 Å². The van der Waals surface area contributed by atoms with Gasteiger partial charge < -0.3 is 11.1 Å². The third-order valence-corrected chi connectivity index (χ3v) is 2.92. The monoisotopic (exact) mass is 210 g/mol. The molecule has 0 fully saturated rings. The number of thioether (sulfide) groups is 1. The van der Waals surface area contributed by atoms with E-state index in [1.807, 2.05) is 36.0 Å². The molecule has 0 spiro atoms. The van der Waals surface area contributed by atoms with E-state index < -0.39 is 0 Å². The second-order valence-electron chi connectivity index (χ2n) is 3.29. The van der Waals surface area contributed by atoms with Crippen molar-refractivity contribution in [1.82, 2.24) is 0 Å². The molecule has 1 atom stereocenters. The zero-order valence-electron chi connectivity index (χ0n) is 8.79. The van der Waals surface area contributed by atoms with Crippen LogP contribution in [0.2, 0.25) is 0 Å². The number of benzene rings is 1. The molecule has 0 radical (unpaired) electrons. The van der Waals surface area contributed by atoms with Gasteiger partial charge in [-0.2, -0.15) is 11.8 Å². The van der Waals surface area contributed by atoms with E-state index in [-0.39, 0.29) is 0 Å². The van der Waals surface area contributed by atoms with E-state index in [0.29, 0.717) is 6.04 Å². The van der Waals surface area contributed by atoms with Crippen molar-refractivity contribution in [3.63, 3.8) is 0 Å². The lowest BCUT2D eigenvalue weighted by atomic mass is 10.2. The normalized spacial score (nSPS) is 12.4. The van der Waals surface area contributed by atoms with Gasteiger partial charge in [-0.15, -0.1) is 0 Å². The van der Waals surface area contributed by atoms with Crippen molar-refractivity contribution in [3.8, 4) is 0 Å². The van der Waals surface area contributed by atoms with Crippen LogP contribution < -0.4 is 11.1 Å². The van der Waals surface area contributed by atoms with Crippen LogP contribution in [0, 0.1) is 0 Å². The molecular formula is C11H18N2S. The Labute approximate surface area is 90.3 Å². The van der Waals surface area contributed by atoms with Crippen molar-refractivity contribution >= 4 is 23.1 Å². The minimum Gasteiger partial charge on any atom is -0.397 e. The molecule has 0 amide bonds. The molecule has 0 aromatic heterocycles. The fraction of sp³-hybridized carbons (Fsp3) is 0.455. The second-order valence-corrected chi connectivity index (χ2v) is 4.20. The average molecular weight is 210 g/mol. The molecule has 1 aromatic rings. The number of rotatable bonds is 5. The Morgan fingerprint density at radius 2 is 2.14 bits per heavy atom. The summed E-state index contributed by atoms with van der Waals surface area (Å²) < 4.78 is 0. The first-order valence-electron chi connectivity index (χ1n) is 4.88. The van der Waals surface area contributed by atoms with Crippen molar-refractivity contribution < 1.29 is 0 Å². The standard InChI is InChI=1S/C11H18N2S/c1-3-9(8-14-2)13-11-7-5-4-6-10(11)12/h4-7,9,13H,3,8,12H2,1-2H3. The van der Waals surface area contributed by atoms with Gasteiger partial charge in [-0.1, -0.05) is 19.1 Å². The van der Waals surface area contributed by atoms with Crippen LogP contribution in [0.1, 0.15) is 13.3 Å². The van der Waals surface area contributed by atoms with Gasteiger partial charge in [0.1, 0.15) is 0 Å². The molecule has 0 saturated heterocycles. The van der Waals surface area contributed by atoms with E-state index in [2.05, 4.69) is 18.5 Å². The van der Waals surface area contributed by atoms with E-state index >= 15 is 0 Å². The highest BCUT2D eigenvalue weighted by atomic mass is 32.2. The lowest BCUT2D eigenvalue weighted by Crippen LogP contribution is -2.21. The summed E-state index contributed by atoms with van der Waals surface area (Å²) in [5.74, 6) is 1.12. The molecule has 78 valence electrons. The second kappa shape index (κ2) is 5.81. The van der Waals surface area contributed by atoms with Gasteiger partial charge >= 0.3 is 0 Å². The summed E-state index contributed by atoms with van der Waals surface area (Å²) in [6, 6.07) is 8.42. The summed E-state index contributed by atoms with van der Waals surface area (Å²) in [7, 11) is 0. The Morgan fingerprint density at radius 3 is 2.71 bits per heavy atom. The molecule has 3 heteroatoms. The number of nitrogens with two attached hydrogens (primary N) is 1. The van der Waals surface area contributed by atoms with Gasteiger partial charge in [0.25, 0.3) is 0 Å². The Kier molecular flexibility index (Phi) is 4.66. The number of hydrogen-bond donors (Lipinski definition) is 2. The predicted octanol–water partition coefficient (Wildman–Crippen LogP) is 2.82. The molecule has 0 aliphatic carbocycles. The van der Waals surface area contributed by atoms with Gasteiger partial charge in [0.05, 0.1) is 11.4 Å². The van der Waals surface area contributed by atoms with Crippen LogP contribution in [0.4, 0.5) is 11.4 Å². The van der Waals surface area contributed by atoms with E-state index in [1.165, 1.54) is 0 Å². The van der Waals surface area contributed by atoms with Crippen molar-refractivity contribution in [2.24, 2.45) is 0 Å². The summed E-state index contributed by atoms with van der Waals surface area (Å²) in [6.45, 7) is 2.19. The maximum absolute atomic E-state index is 5.85. The number of anilines is 2. The summed E-state index contributed by atoms with van der Waals surface area (Å²) in [5.41, 5.74) is 7.73. The van der Waals surface area contributed by atoms with Crippen molar-refractivity contribution in [2.75, 3.05) is 23.1 Å². The molecule has 1 rings (SSSR count). The number of para-hydroxylation sites is 2. The fourth-order valence-electron chi connectivity index (χ4n) is 1.31. The molecule has 1 unspecified atom stereocenters. The molecule has 0 saturated carbocycles. The fourth-order valence-corrected chi connectivity index (χ4v) is 2.03. The Balaban J connectivity index is 2.62. The summed E-state index contributed by atoms with van der Waals surface area (Å²) in [6.07, 6.45) is 3.24. The van der Waals surface area contributed by atoms with Crippen LogP contribution in [0.5, 0.6) is 0 Å². The van der Waals surface area contributed by atoms with Gasteiger partial charge in [-0.05, 0) is 24.8 Å². The molecule has 3 N–H and O–H groups in total. The van der Waals surface area contributed by atoms with Crippen LogP contribution in [0.3, 0.4) is 0 Å². The largest absolute Gasteiger partial charge is 0.397 e. The highest BCUT2D eigenvalue weighted by Gasteiger charge is 2.06. The molecule has 0 bridgehead atoms. The topological polar surface area (TPSA) is 38.0 Å². The maximum atomic E-state index is 5.85. The maximum Gasteiger partial charge on any atom is 0.0576 e. The van der Waals surface area contributed by atoms with E-state index in [9.17, 15) is 0 Å². The third kappa shape index (κ3) is 3.14. The van der Waals surface area contributed by atoms with Crippen molar-refractivity contribution in [3.05, 3.63) is 24.3 Å². The minimum atomic E-state index is 0.509. The lowest BCUT2D eigenvalue weighted by Gasteiger charge is -2.18. The summed E-state index contributed by atoms with van der Waals surface area (Å²) in [4.78, 5) is 0. The van der Waals surface area contributed by atoms with E-state index in [1.54, 1.807) is 0 Å². The molecule has 0 heterocycles. The van der Waals surface area contributed by atoms with Crippen LogP contribution >= 0.6 is 11.8 Å². The summed E-state index contributed by atoms with van der Waals surface area (Å²) in [5, 5.41) is 3.45. The molecule has 14 heavy (non-hydrogen) atoms. The first-order chi connectivity index (χ1) is 6.77. The van der Waals surface area contributed by atoms with Gasteiger partial charge in [0, 0.05) is 11.8 Å². The van der Waals surface area contributed by atoms with Crippen molar-refractivity contribution in [1.29, 1.82) is 0 Å². The molecule has 0 aliphatic rings. The Morgan fingerprint density at radius 1 is 1.43 bits per heavy atom. The predicted molar refractivity (Wildman–Crippen MR) is 66.9 cm³/mol. The Hall–Kier alpha value is -0.830. The van der Waals surface area contributed by atoms with Gasteiger partial charge in [-0.3, -0.25) is 0 Å². The highest BCUT2D eigenvalue weighted by molar-refractivity contribution is 7.98. The van der Waals surface area contributed by atoms with Gasteiger partial charge in [-0.25, -0.2) is 0 Å². The van der Waals surface area contributed by atoms with E-state index in [4.69, 9.17) is 5.73 Å². The quantitative estimate of drug-likeness (QED) is 0.734. The number of hydrogen-bond acceptors (Lipinski definition) is 3. The highest BCUT2D eigenvalue weighted by Crippen LogP contribution is 2.19. The molecule has 0 aliphatic heterocycles. The first-order valence-corrected chi connectivity index (χ1v) is 6.27. The zero-order chi connectivity index (χ0) is 10.4. The van der Waals surface area contributed by atoms with Crippen LogP contribution in [0.25, 0.3) is 0 Å². The van der Waals surface area contributed by atoms with Crippen LogP contribution in [-0.4, -0.2) is 18.1 Å². The average Bonchev–Trinajstić information content (AvgIpc) is 2.20. The smallest absolute Gasteiger partial charge is 0.0576 e. The zero-order valence-corrected chi connectivity index (χ0v) is 9.60. The minimum absolute atomic E-state index is 0.509. The Bertz CT molecular complexity index is 276. The number of nitrogen functional groups attached to an aromatic ring is 1. The van der Waals surface area contributed by atoms with E-state index in [0.717, 1.165) is 23.5 Å². The molecule has 2 nitrogen and oxygen atoms in total. The molecular weight excluding hydrogens is 192 g/mol. The van der Waals surface area contributed by atoms with Crippen LogP contribution in [-0.2, 0) is 0 Å². The van der Waals surface area contributed by atoms with Crippen LogP contribution in [0.15, 0.2) is 24.3 Å². The van der Waals surface area contributed by atoms with Gasteiger partial charge in [0.2, 0.25) is 0 Å². The third-order valence-electron chi connectivity index (χ3n) is 2.18.